The third-order valence-corrected chi connectivity index (χ3v) is 4.35. The molecule has 1 atom stereocenters. The van der Waals surface area contributed by atoms with Crippen molar-refractivity contribution in [2.24, 2.45) is 10.9 Å². The van der Waals surface area contributed by atoms with E-state index in [0.29, 0.717) is 12.0 Å². The van der Waals surface area contributed by atoms with E-state index in [1.165, 1.54) is 5.56 Å². The lowest BCUT2D eigenvalue weighted by Gasteiger charge is -2.13. The second-order valence-corrected chi connectivity index (χ2v) is 6.48. The first-order chi connectivity index (χ1) is 8.15. The Hall–Kier alpha value is -0.480. The van der Waals surface area contributed by atoms with Crippen molar-refractivity contribution >= 4 is 32.9 Å². The van der Waals surface area contributed by atoms with Gasteiger partial charge in [0.15, 0.2) is 5.17 Å². The lowest BCUT2D eigenvalue weighted by atomic mass is 10.1. The van der Waals surface area contributed by atoms with Crippen molar-refractivity contribution in [3.05, 3.63) is 34.3 Å². The Labute approximate surface area is 115 Å². The molecule has 1 aliphatic heterocycles. The van der Waals surface area contributed by atoms with Crippen LogP contribution >= 0.6 is 27.7 Å². The van der Waals surface area contributed by atoms with Gasteiger partial charge in [-0.2, -0.15) is 0 Å². The number of benzene rings is 1. The SMILES string of the molecule is CC(C)C1CSC(=NCc2cccc(Br)c2)N1. The van der Waals surface area contributed by atoms with Gasteiger partial charge in [0.05, 0.1) is 6.54 Å². The van der Waals surface area contributed by atoms with Gasteiger partial charge in [-0.3, -0.25) is 4.99 Å². The van der Waals surface area contributed by atoms with Crippen LogP contribution in [0.1, 0.15) is 19.4 Å². The zero-order chi connectivity index (χ0) is 12.3. The summed E-state index contributed by atoms with van der Waals surface area (Å²) in [4.78, 5) is 4.61. The van der Waals surface area contributed by atoms with Crippen molar-refractivity contribution in [2.45, 2.75) is 26.4 Å². The van der Waals surface area contributed by atoms with Crippen LogP contribution < -0.4 is 5.32 Å². The van der Waals surface area contributed by atoms with Crippen LogP contribution in [0.25, 0.3) is 0 Å². The van der Waals surface area contributed by atoms with E-state index in [-0.39, 0.29) is 0 Å². The predicted octanol–water partition coefficient (Wildman–Crippen LogP) is 3.67. The minimum Gasteiger partial charge on any atom is -0.361 e. The van der Waals surface area contributed by atoms with Gasteiger partial charge in [0.1, 0.15) is 0 Å². The zero-order valence-corrected chi connectivity index (χ0v) is 12.5. The smallest absolute Gasteiger partial charge is 0.157 e. The fourth-order valence-corrected chi connectivity index (χ4v) is 3.30. The lowest BCUT2D eigenvalue weighted by molar-refractivity contribution is 0.503. The number of hydrogen-bond acceptors (Lipinski definition) is 2. The number of hydrogen-bond donors (Lipinski definition) is 1. The maximum atomic E-state index is 4.61. The van der Waals surface area contributed by atoms with E-state index < -0.39 is 0 Å². The first-order valence-corrected chi connectivity index (χ1v) is 7.61. The maximum absolute atomic E-state index is 4.61. The van der Waals surface area contributed by atoms with Gasteiger partial charge in [-0.1, -0.05) is 53.7 Å². The summed E-state index contributed by atoms with van der Waals surface area (Å²) in [6.45, 7) is 5.24. The van der Waals surface area contributed by atoms with E-state index in [0.717, 1.165) is 21.9 Å². The predicted molar refractivity (Wildman–Crippen MR) is 79.5 cm³/mol. The first kappa shape index (κ1) is 13.0. The molecule has 17 heavy (non-hydrogen) atoms. The summed E-state index contributed by atoms with van der Waals surface area (Å²) in [6.07, 6.45) is 0. The molecule has 1 N–H and O–H groups in total. The van der Waals surface area contributed by atoms with Gasteiger partial charge in [-0.25, -0.2) is 0 Å². The molecule has 4 heteroatoms. The molecule has 1 fully saturated rings. The Balaban J connectivity index is 1.94. The van der Waals surface area contributed by atoms with E-state index >= 15 is 0 Å². The monoisotopic (exact) mass is 312 g/mol. The summed E-state index contributed by atoms with van der Waals surface area (Å²) < 4.78 is 1.11. The summed E-state index contributed by atoms with van der Waals surface area (Å²) in [5.74, 6) is 1.80. The molecule has 2 nitrogen and oxygen atoms in total. The molecule has 1 saturated heterocycles. The van der Waals surface area contributed by atoms with Gasteiger partial charge >= 0.3 is 0 Å². The average Bonchev–Trinajstić information content (AvgIpc) is 2.75. The topological polar surface area (TPSA) is 24.4 Å². The Morgan fingerprint density at radius 3 is 3.00 bits per heavy atom. The van der Waals surface area contributed by atoms with Crippen LogP contribution in [-0.4, -0.2) is 17.0 Å². The molecule has 0 saturated carbocycles. The maximum Gasteiger partial charge on any atom is 0.157 e. The van der Waals surface area contributed by atoms with Gasteiger partial charge in [-0.05, 0) is 23.6 Å². The van der Waals surface area contributed by atoms with E-state index in [2.05, 4.69) is 52.2 Å². The zero-order valence-electron chi connectivity index (χ0n) is 10.1. The summed E-state index contributed by atoms with van der Waals surface area (Å²) in [7, 11) is 0. The number of rotatable bonds is 3. The summed E-state index contributed by atoms with van der Waals surface area (Å²) in [5, 5.41) is 4.56. The van der Waals surface area contributed by atoms with Crippen molar-refractivity contribution in [2.75, 3.05) is 5.75 Å². The van der Waals surface area contributed by atoms with Gasteiger partial charge in [0.25, 0.3) is 0 Å². The van der Waals surface area contributed by atoms with Crippen molar-refractivity contribution in [3.8, 4) is 0 Å². The van der Waals surface area contributed by atoms with Gasteiger partial charge in [0, 0.05) is 16.3 Å². The van der Waals surface area contributed by atoms with Crippen LogP contribution in [0.2, 0.25) is 0 Å². The van der Waals surface area contributed by atoms with Crippen LogP contribution in [0.3, 0.4) is 0 Å². The van der Waals surface area contributed by atoms with E-state index in [9.17, 15) is 0 Å². The van der Waals surface area contributed by atoms with Gasteiger partial charge < -0.3 is 5.32 Å². The third kappa shape index (κ3) is 3.75. The Kier molecular flexibility index (Phi) is 4.51. The molecule has 1 aliphatic rings. The highest BCUT2D eigenvalue weighted by molar-refractivity contribution is 9.10. The van der Waals surface area contributed by atoms with E-state index in [4.69, 9.17) is 0 Å². The van der Waals surface area contributed by atoms with Crippen LogP contribution in [0.5, 0.6) is 0 Å². The molecule has 1 aromatic rings. The normalized spacial score (nSPS) is 22.1. The van der Waals surface area contributed by atoms with Gasteiger partial charge in [-0.15, -0.1) is 0 Å². The third-order valence-electron chi connectivity index (χ3n) is 2.81. The highest BCUT2D eigenvalue weighted by Crippen LogP contribution is 2.20. The molecule has 92 valence electrons. The molecule has 0 spiro atoms. The molecule has 1 aromatic carbocycles. The van der Waals surface area contributed by atoms with Gasteiger partial charge in [0.2, 0.25) is 0 Å². The second kappa shape index (κ2) is 5.91. The van der Waals surface area contributed by atoms with Crippen LogP contribution in [0.4, 0.5) is 0 Å². The minimum absolute atomic E-state index is 0.571. The Morgan fingerprint density at radius 2 is 2.35 bits per heavy atom. The van der Waals surface area contributed by atoms with Crippen LogP contribution in [-0.2, 0) is 6.54 Å². The highest BCUT2D eigenvalue weighted by atomic mass is 79.9. The molecular formula is C13H17BrN2S. The molecule has 0 aliphatic carbocycles. The molecule has 0 bridgehead atoms. The Bertz CT molecular complexity index is 418. The fraction of sp³-hybridized carbons (Fsp3) is 0.462. The largest absolute Gasteiger partial charge is 0.361 e. The molecule has 0 radical (unpaired) electrons. The van der Waals surface area contributed by atoms with Crippen molar-refractivity contribution in [3.63, 3.8) is 0 Å². The second-order valence-electron chi connectivity index (χ2n) is 4.56. The molecule has 1 heterocycles. The van der Waals surface area contributed by atoms with Crippen LogP contribution in [0, 0.1) is 5.92 Å². The summed E-state index contributed by atoms with van der Waals surface area (Å²) >= 11 is 5.30. The number of nitrogens with one attached hydrogen (secondary N) is 1. The quantitative estimate of drug-likeness (QED) is 0.921. The molecule has 0 amide bonds. The van der Waals surface area contributed by atoms with E-state index in [1.807, 2.05) is 23.9 Å². The average molecular weight is 313 g/mol. The van der Waals surface area contributed by atoms with Crippen molar-refractivity contribution in [1.29, 1.82) is 0 Å². The minimum atomic E-state index is 0.571. The standard InChI is InChI=1S/C13H17BrN2S/c1-9(2)12-8-17-13(16-12)15-7-10-4-3-5-11(14)6-10/h3-6,9,12H,7-8H2,1-2H3,(H,15,16). The molecular weight excluding hydrogens is 296 g/mol. The number of amidine groups is 1. The van der Waals surface area contributed by atoms with Crippen molar-refractivity contribution in [1.82, 2.24) is 5.32 Å². The highest BCUT2D eigenvalue weighted by Gasteiger charge is 2.22. The molecule has 1 unspecified atom stereocenters. The Morgan fingerprint density at radius 1 is 1.53 bits per heavy atom. The van der Waals surface area contributed by atoms with Crippen LogP contribution in [0.15, 0.2) is 33.7 Å². The first-order valence-electron chi connectivity index (χ1n) is 5.83. The molecule has 0 aromatic heterocycles. The van der Waals surface area contributed by atoms with E-state index in [1.54, 1.807) is 0 Å². The number of nitrogens with zero attached hydrogens (tertiary/aromatic N) is 1. The number of thioether (sulfide) groups is 1. The summed E-state index contributed by atoms with van der Waals surface area (Å²) in [6, 6.07) is 8.87. The summed E-state index contributed by atoms with van der Waals surface area (Å²) in [5.41, 5.74) is 1.24. The number of aliphatic imine (C=N–C) groups is 1. The fourth-order valence-electron chi connectivity index (χ4n) is 1.66. The number of halogens is 1. The molecule has 2 rings (SSSR count). The van der Waals surface area contributed by atoms with Crippen molar-refractivity contribution < 1.29 is 0 Å². The lowest BCUT2D eigenvalue weighted by Crippen LogP contribution is -2.31.